The van der Waals surface area contributed by atoms with Crippen molar-refractivity contribution in [1.82, 2.24) is 10.6 Å². The van der Waals surface area contributed by atoms with Crippen molar-refractivity contribution in [3.8, 4) is 0 Å². The first-order valence-electron chi connectivity index (χ1n) is 8.12. The van der Waals surface area contributed by atoms with Crippen molar-refractivity contribution in [2.75, 3.05) is 19.8 Å². The van der Waals surface area contributed by atoms with E-state index in [0.29, 0.717) is 13.0 Å². The van der Waals surface area contributed by atoms with Crippen LogP contribution in [0.25, 0.3) is 0 Å². The number of nitrogens with one attached hydrogen (secondary N) is 2. The highest BCUT2D eigenvalue weighted by molar-refractivity contribution is 7.90. The maximum absolute atomic E-state index is 12.2. The molecular formula is C19H25ClN2O3S. The van der Waals surface area contributed by atoms with Crippen LogP contribution in [0, 0.1) is 6.92 Å². The van der Waals surface area contributed by atoms with Crippen LogP contribution < -0.4 is 10.6 Å². The molecule has 7 heteroatoms. The van der Waals surface area contributed by atoms with Gasteiger partial charge in [-0.2, -0.15) is 0 Å². The number of benzene rings is 2. The summed E-state index contributed by atoms with van der Waals surface area (Å²) in [5, 5.41) is 5.96. The van der Waals surface area contributed by atoms with Gasteiger partial charge in [-0.15, -0.1) is 12.4 Å². The monoisotopic (exact) mass is 396 g/mol. The summed E-state index contributed by atoms with van der Waals surface area (Å²) >= 11 is 0. The third-order valence-electron chi connectivity index (χ3n) is 3.94. The van der Waals surface area contributed by atoms with Crippen LogP contribution in [0.4, 0.5) is 0 Å². The molecule has 2 aromatic rings. The van der Waals surface area contributed by atoms with E-state index in [1.54, 1.807) is 25.2 Å². The fraction of sp³-hybridized carbons (Fsp3) is 0.316. The summed E-state index contributed by atoms with van der Waals surface area (Å²) in [6, 6.07) is 14.2. The Morgan fingerprint density at radius 2 is 1.73 bits per heavy atom. The summed E-state index contributed by atoms with van der Waals surface area (Å²) in [5.74, 6) is -0.0929. The molecule has 0 saturated carbocycles. The first-order chi connectivity index (χ1) is 11.8. The number of hydrogen-bond acceptors (Lipinski definition) is 4. The number of carbonyl (C=O) groups is 1. The van der Waals surface area contributed by atoms with Crippen molar-refractivity contribution in [3.05, 3.63) is 65.2 Å². The van der Waals surface area contributed by atoms with Gasteiger partial charge >= 0.3 is 0 Å². The Morgan fingerprint density at radius 1 is 1.08 bits per heavy atom. The predicted molar refractivity (Wildman–Crippen MR) is 107 cm³/mol. The Balaban J connectivity index is 0.00000338. The second kappa shape index (κ2) is 9.71. The van der Waals surface area contributed by atoms with Crippen LogP contribution in [0.3, 0.4) is 0 Å². The van der Waals surface area contributed by atoms with E-state index in [2.05, 4.69) is 10.6 Å². The SMILES string of the molecule is CNCCC(=O)NC(c1ccc(C)cc1)c1cccc(S(C)(=O)=O)c1.Cl. The molecule has 0 fully saturated rings. The Labute approximate surface area is 161 Å². The topological polar surface area (TPSA) is 75.3 Å². The molecule has 142 valence electrons. The number of sulfone groups is 1. The minimum atomic E-state index is -3.31. The average molecular weight is 397 g/mol. The van der Waals surface area contributed by atoms with Crippen molar-refractivity contribution in [2.45, 2.75) is 24.3 Å². The highest BCUT2D eigenvalue weighted by Crippen LogP contribution is 2.25. The molecule has 0 radical (unpaired) electrons. The molecule has 26 heavy (non-hydrogen) atoms. The van der Waals surface area contributed by atoms with Crippen molar-refractivity contribution in [1.29, 1.82) is 0 Å². The third kappa shape index (κ3) is 6.12. The summed E-state index contributed by atoms with van der Waals surface area (Å²) in [7, 11) is -1.52. The Kier molecular flexibility index (Phi) is 8.27. The van der Waals surface area contributed by atoms with Crippen LogP contribution in [-0.4, -0.2) is 34.2 Å². The molecule has 0 heterocycles. The van der Waals surface area contributed by atoms with Crippen LogP contribution >= 0.6 is 12.4 Å². The molecule has 2 aromatic carbocycles. The molecule has 0 aliphatic carbocycles. The van der Waals surface area contributed by atoms with Crippen LogP contribution in [0.15, 0.2) is 53.4 Å². The average Bonchev–Trinajstić information content (AvgIpc) is 2.58. The van der Waals surface area contributed by atoms with E-state index >= 15 is 0 Å². The lowest BCUT2D eigenvalue weighted by atomic mass is 9.97. The van der Waals surface area contributed by atoms with E-state index in [9.17, 15) is 13.2 Å². The fourth-order valence-electron chi connectivity index (χ4n) is 2.51. The van der Waals surface area contributed by atoms with E-state index < -0.39 is 15.9 Å². The number of halogens is 1. The third-order valence-corrected chi connectivity index (χ3v) is 5.05. The molecule has 5 nitrogen and oxygen atoms in total. The molecule has 2 N–H and O–H groups in total. The molecule has 0 aliphatic rings. The molecular weight excluding hydrogens is 372 g/mol. The minimum Gasteiger partial charge on any atom is -0.345 e. The molecule has 0 aromatic heterocycles. The van der Waals surface area contributed by atoms with E-state index in [4.69, 9.17) is 0 Å². The van der Waals surface area contributed by atoms with Gasteiger partial charge in [-0.3, -0.25) is 4.79 Å². The second-order valence-electron chi connectivity index (χ2n) is 6.11. The van der Waals surface area contributed by atoms with Gasteiger partial charge in [-0.05, 0) is 37.2 Å². The lowest BCUT2D eigenvalue weighted by molar-refractivity contribution is -0.121. The highest BCUT2D eigenvalue weighted by atomic mass is 35.5. The van der Waals surface area contributed by atoms with Gasteiger partial charge in [0.1, 0.15) is 0 Å². The summed E-state index contributed by atoms with van der Waals surface area (Å²) in [5.41, 5.74) is 2.77. The van der Waals surface area contributed by atoms with Gasteiger partial charge in [0.2, 0.25) is 5.91 Å². The molecule has 2 rings (SSSR count). The van der Waals surface area contributed by atoms with Crippen molar-refractivity contribution in [2.24, 2.45) is 0 Å². The number of amides is 1. The van der Waals surface area contributed by atoms with Crippen molar-refractivity contribution < 1.29 is 13.2 Å². The lowest BCUT2D eigenvalue weighted by Gasteiger charge is -2.21. The van der Waals surface area contributed by atoms with Crippen LogP contribution in [-0.2, 0) is 14.6 Å². The molecule has 0 bridgehead atoms. The molecule has 1 atom stereocenters. The van der Waals surface area contributed by atoms with Gasteiger partial charge < -0.3 is 10.6 Å². The van der Waals surface area contributed by atoms with E-state index in [1.165, 1.54) is 6.26 Å². The molecule has 1 amide bonds. The molecule has 0 spiro atoms. The van der Waals surface area contributed by atoms with Crippen LogP contribution in [0.2, 0.25) is 0 Å². The lowest BCUT2D eigenvalue weighted by Crippen LogP contribution is -2.31. The van der Waals surface area contributed by atoms with Crippen LogP contribution in [0.1, 0.15) is 29.2 Å². The largest absolute Gasteiger partial charge is 0.345 e. The maximum Gasteiger partial charge on any atom is 0.222 e. The van der Waals surface area contributed by atoms with Gasteiger partial charge in [0, 0.05) is 19.2 Å². The van der Waals surface area contributed by atoms with E-state index in [0.717, 1.165) is 16.7 Å². The number of rotatable bonds is 7. The van der Waals surface area contributed by atoms with E-state index in [1.807, 2.05) is 37.3 Å². The van der Waals surface area contributed by atoms with Gasteiger partial charge in [-0.1, -0.05) is 42.0 Å². The number of carbonyl (C=O) groups excluding carboxylic acids is 1. The summed E-state index contributed by atoms with van der Waals surface area (Å²) < 4.78 is 23.7. The smallest absolute Gasteiger partial charge is 0.222 e. The zero-order chi connectivity index (χ0) is 18.4. The van der Waals surface area contributed by atoms with Gasteiger partial charge in [0.05, 0.1) is 10.9 Å². The first-order valence-corrected chi connectivity index (χ1v) is 10.0. The zero-order valence-corrected chi connectivity index (χ0v) is 16.8. The number of hydrogen-bond donors (Lipinski definition) is 2. The van der Waals surface area contributed by atoms with Crippen molar-refractivity contribution in [3.63, 3.8) is 0 Å². The van der Waals surface area contributed by atoms with Gasteiger partial charge in [0.15, 0.2) is 9.84 Å². The minimum absolute atomic E-state index is 0. The molecule has 0 saturated heterocycles. The quantitative estimate of drug-likeness (QED) is 0.754. The predicted octanol–water partition coefficient (Wildman–Crippen LogP) is 2.64. The maximum atomic E-state index is 12.2. The van der Waals surface area contributed by atoms with Crippen LogP contribution in [0.5, 0.6) is 0 Å². The Morgan fingerprint density at radius 3 is 2.31 bits per heavy atom. The molecule has 0 aliphatic heterocycles. The van der Waals surface area contributed by atoms with E-state index in [-0.39, 0.29) is 23.2 Å². The summed E-state index contributed by atoms with van der Waals surface area (Å²) in [4.78, 5) is 12.5. The standard InChI is InChI=1S/C19H24N2O3S.ClH/c1-14-7-9-15(10-8-14)19(21-18(22)11-12-20-2)16-5-4-6-17(13-16)25(3,23)24;/h4-10,13,19-20H,11-12H2,1-3H3,(H,21,22);1H. The first kappa shape index (κ1) is 22.2. The van der Waals surface area contributed by atoms with Crippen molar-refractivity contribution >= 4 is 28.2 Å². The second-order valence-corrected chi connectivity index (χ2v) is 8.13. The number of aryl methyl sites for hydroxylation is 1. The van der Waals surface area contributed by atoms with Gasteiger partial charge in [0.25, 0.3) is 0 Å². The molecule has 1 unspecified atom stereocenters. The summed E-state index contributed by atoms with van der Waals surface area (Å²) in [6.45, 7) is 2.57. The zero-order valence-electron chi connectivity index (χ0n) is 15.2. The van der Waals surface area contributed by atoms with Gasteiger partial charge in [-0.25, -0.2) is 8.42 Å². The summed E-state index contributed by atoms with van der Waals surface area (Å²) in [6.07, 6.45) is 1.53. The Hall–Kier alpha value is -1.89. The fourth-order valence-corrected chi connectivity index (χ4v) is 3.19. The normalized spacial score (nSPS) is 12.1. The highest BCUT2D eigenvalue weighted by Gasteiger charge is 2.18. The Bertz CT molecular complexity index is 836.